The Morgan fingerprint density at radius 2 is 1.41 bits per heavy atom. The van der Waals surface area contributed by atoms with Gasteiger partial charge < -0.3 is 33.6 Å². The molecule has 2 amide bonds. The van der Waals surface area contributed by atoms with E-state index >= 15 is 17.6 Å². The van der Waals surface area contributed by atoms with Crippen LogP contribution in [0.4, 0.5) is 36.4 Å². The fraction of sp³-hybridized carbons (Fsp3) is 0.333. The number of carbonyl (C=O) groups excluding carboxylic acids is 3. The molecule has 1 aliphatic carbocycles. The van der Waals surface area contributed by atoms with E-state index in [-0.39, 0.29) is 28.8 Å². The summed E-state index contributed by atoms with van der Waals surface area (Å²) in [5.41, 5.74) is -11.5. The lowest BCUT2D eigenvalue weighted by molar-refractivity contribution is -0.0502. The van der Waals surface area contributed by atoms with Gasteiger partial charge in [0.2, 0.25) is 11.6 Å². The Bertz CT molecular complexity index is 3020. The standard InChI is InChI=1S/C45H38F7N3O10S/c1-4-14-55(15-5-2)26-12-6-22-16-28(42(58)62-34(22)18-26)41(57)54-25-10-8-24(9-11-25)53-40(56)23-7-13-29-27(17-23)43(59)64-44(29)30-19-32(46)21(3)35(48)37(30)63-38-31(44)20-33(47)39(36(38)49)65-66(60,61)45(50,51)52/h6-7,12-13,16-20,24-25H,4-5,8-11,14-15H2,1-3H3,(H,53,56)(H,54,57). The topological polar surface area (TPSA) is 171 Å². The maximum atomic E-state index is 16.0. The number of hydrogen-bond acceptors (Lipinski definition) is 11. The molecule has 5 aromatic rings. The molecular formula is C45H38F7N3O10S. The summed E-state index contributed by atoms with van der Waals surface area (Å²) in [6, 6.07) is 10.4. The van der Waals surface area contributed by atoms with Crippen molar-refractivity contribution in [3.8, 4) is 17.2 Å². The van der Waals surface area contributed by atoms with E-state index in [0.717, 1.165) is 50.7 Å². The van der Waals surface area contributed by atoms with E-state index in [4.69, 9.17) is 13.9 Å². The fourth-order valence-electron chi connectivity index (χ4n) is 8.57. The van der Waals surface area contributed by atoms with Crippen LogP contribution in [0.1, 0.15) is 106 Å². The third kappa shape index (κ3) is 7.85. The van der Waals surface area contributed by atoms with Crippen LogP contribution in [0.25, 0.3) is 11.0 Å². The Balaban J connectivity index is 1.00. The Kier molecular flexibility index (Phi) is 11.8. The van der Waals surface area contributed by atoms with Crippen molar-refractivity contribution in [2.45, 2.75) is 82.5 Å². The van der Waals surface area contributed by atoms with Gasteiger partial charge in [-0.3, -0.25) is 9.59 Å². The molecule has 13 nitrogen and oxygen atoms in total. The van der Waals surface area contributed by atoms with Crippen LogP contribution < -0.4 is 30.1 Å². The van der Waals surface area contributed by atoms with Crippen molar-refractivity contribution in [3.63, 3.8) is 0 Å². The number of benzene rings is 4. The molecule has 4 aromatic carbocycles. The number of ether oxygens (including phenoxy) is 2. The predicted octanol–water partition coefficient (Wildman–Crippen LogP) is 8.55. The second-order valence-electron chi connectivity index (χ2n) is 16.1. The van der Waals surface area contributed by atoms with Gasteiger partial charge in [-0.15, -0.1) is 0 Å². The molecule has 66 heavy (non-hydrogen) atoms. The molecule has 348 valence electrons. The third-order valence-electron chi connectivity index (χ3n) is 11.8. The number of halogens is 7. The Morgan fingerprint density at radius 3 is 2.03 bits per heavy atom. The van der Waals surface area contributed by atoms with Gasteiger partial charge in [0.25, 0.3) is 11.8 Å². The summed E-state index contributed by atoms with van der Waals surface area (Å²) < 4.78 is 146. The maximum Gasteiger partial charge on any atom is 0.534 e. The monoisotopic (exact) mass is 945 g/mol. The van der Waals surface area contributed by atoms with Crippen molar-refractivity contribution in [3.05, 3.63) is 127 Å². The number of carbonyl (C=O) groups is 3. The Morgan fingerprint density at radius 1 is 0.803 bits per heavy atom. The molecule has 21 heteroatoms. The highest BCUT2D eigenvalue weighted by Crippen LogP contribution is 2.59. The predicted molar refractivity (Wildman–Crippen MR) is 221 cm³/mol. The minimum Gasteiger partial charge on any atom is -0.450 e. The number of rotatable bonds is 11. The van der Waals surface area contributed by atoms with E-state index < -0.39 is 113 Å². The lowest BCUT2D eigenvalue weighted by atomic mass is 9.76. The molecule has 3 aliphatic rings. The average Bonchev–Trinajstić information content (AvgIpc) is 3.56. The van der Waals surface area contributed by atoms with E-state index in [1.807, 2.05) is 6.07 Å². The highest BCUT2D eigenvalue weighted by atomic mass is 32.2. The van der Waals surface area contributed by atoms with Gasteiger partial charge in [0.1, 0.15) is 17.0 Å². The zero-order valence-electron chi connectivity index (χ0n) is 35.1. The largest absolute Gasteiger partial charge is 0.534 e. The fourth-order valence-corrected chi connectivity index (χ4v) is 9.04. The molecule has 3 heterocycles. The summed E-state index contributed by atoms with van der Waals surface area (Å²) in [6.45, 7) is 6.76. The number of esters is 1. The number of nitrogens with zero attached hydrogens (tertiary/aromatic N) is 1. The van der Waals surface area contributed by atoms with Crippen molar-refractivity contribution in [2.75, 3.05) is 18.0 Å². The molecule has 1 saturated carbocycles. The van der Waals surface area contributed by atoms with Crippen molar-refractivity contribution < 1.29 is 71.6 Å². The van der Waals surface area contributed by atoms with Gasteiger partial charge in [-0.1, -0.05) is 19.9 Å². The molecule has 0 saturated heterocycles. The van der Waals surface area contributed by atoms with Crippen molar-refractivity contribution in [1.29, 1.82) is 0 Å². The number of amides is 2. The van der Waals surface area contributed by atoms with Crippen LogP contribution in [0.3, 0.4) is 0 Å². The van der Waals surface area contributed by atoms with Gasteiger partial charge in [-0.25, -0.2) is 22.8 Å². The molecule has 2 aliphatic heterocycles. The average molecular weight is 946 g/mol. The molecule has 8 rings (SSSR count). The first-order chi connectivity index (χ1) is 31.2. The minimum absolute atomic E-state index is 0.121. The van der Waals surface area contributed by atoms with Crippen molar-refractivity contribution in [1.82, 2.24) is 10.6 Å². The molecule has 1 aromatic heterocycles. The van der Waals surface area contributed by atoms with Gasteiger partial charge in [-0.2, -0.15) is 26.0 Å². The SMILES string of the molecule is CCCN(CCC)c1ccc2cc(C(=O)NC3CCC(NC(=O)c4ccc5c(c4)C(=O)OC54c5cc(F)c(C)c(F)c5Oc5c4cc(F)c(OS(=O)(=O)C(F)(F)F)c5F)CC3)c(=O)oc2c1. The Labute approximate surface area is 370 Å². The van der Waals surface area contributed by atoms with E-state index in [1.165, 1.54) is 12.1 Å². The normalized spacial score (nSPS) is 18.8. The Hall–Kier alpha value is -6.64. The van der Waals surface area contributed by atoms with Crippen LogP contribution >= 0.6 is 0 Å². The smallest absolute Gasteiger partial charge is 0.450 e. The molecular weight excluding hydrogens is 908 g/mol. The quantitative estimate of drug-likeness (QED) is 0.0428. The van der Waals surface area contributed by atoms with E-state index in [2.05, 4.69) is 33.6 Å². The van der Waals surface area contributed by atoms with E-state index in [0.29, 0.717) is 42.7 Å². The van der Waals surface area contributed by atoms with E-state index in [1.54, 1.807) is 12.1 Å². The number of alkyl halides is 3. The molecule has 2 N–H and O–H groups in total. The number of fused-ring (bicyclic) bond motifs is 7. The van der Waals surface area contributed by atoms with E-state index in [9.17, 15) is 40.8 Å². The number of hydrogen-bond donors (Lipinski definition) is 2. The highest BCUT2D eigenvalue weighted by Gasteiger charge is 2.57. The summed E-state index contributed by atoms with van der Waals surface area (Å²) >= 11 is 0. The lowest BCUT2D eigenvalue weighted by Crippen LogP contribution is -2.44. The van der Waals surface area contributed by atoms with Crippen LogP contribution in [0.15, 0.2) is 63.8 Å². The number of nitrogens with one attached hydrogen (secondary N) is 2. The van der Waals surface area contributed by atoms with Gasteiger partial charge >= 0.3 is 27.2 Å². The second kappa shape index (κ2) is 17.0. The summed E-state index contributed by atoms with van der Waals surface area (Å²) in [6.07, 6.45) is 3.43. The van der Waals surface area contributed by atoms with Crippen molar-refractivity contribution in [2.24, 2.45) is 0 Å². The molecule has 0 radical (unpaired) electrons. The van der Waals surface area contributed by atoms with Gasteiger partial charge in [0.15, 0.2) is 28.7 Å². The summed E-state index contributed by atoms with van der Waals surface area (Å²) in [5.74, 6) is -13.9. The summed E-state index contributed by atoms with van der Waals surface area (Å²) in [5, 5.41) is 6.29. The van der Waals surface area contributed by atoms with Crippen LogP contribution in [0.5, 0.6) is 17.2 Å². The molecule has 1 spiro atoms. The van der Waals surface area contributed by atoms with Crippen molar-refractivity contribution >= 4 is 44.6 Å². The first-order valence-corrected chi connectivity index (χ1v) is 22.1. The molecule has 0 bridgehead atoms. The van der Waals surface area contributed by atoms with Gasteiger partial charge in [0.05, 0.1) is 16.7 Å². The van der Waals surface area contributed by atoms with Crippen LogP contribution in [0, 0.1) is 30.2 Å². The molecule has 1 atom stereocenters. The highest BCUT2D eigenvalue weighted by molar-refractivity contribution is 7.88. The van der Waals surface area contributed by atoms with Gasteiger partial charge in [0, 0.05) is 59.0 Å². The molecule has 1 unspecified atom stereocenters. The lowest BCUT2D eigenvalue weighted by Gasteiger charge is -2.37. The first kappa shape index (κ1) is 45.9. The van der Waals surface area contributed by atoms with Gasteiger partial charge in [-0.05, 0) is 87.9 Å². The molecule has 1 fully saturated rings. The van der Waals surface area contributed by atoms with Crippen LogP contribution in [-0.2, 0) is 20.5 Å². The first-order valence-electron chi connectivity index (χ1n) is 20.7. The maximum absolute atomic E-state index is 16.0. The van der Waals surface area contributed by atoms with Crippen LogP contribution in [-0.4, -0.2) is 56.9 Å². The number of anilines is 1. The summed E-state index contributed by atoms with van der Waals surface area (Å²) in [4.78, 5) is 55.6. The second-order valence-corrected chi connectivity index (χ2v) is 17.7. The minimum atomic E-state index is -6.66. The third-order valence-corrected chi connectivity index (χ3v) is 12.8. The zero-order valence-corrected chi connectivity index (χ0v) is 35.9. The zero-order chi connectivity index (χ0) is 47.6. The summed E-state index contributed by atoms with van der Waals surface area (Å²) in [7, 11) is -6.66. The van der Waals surface area contributed by atoms with Crippen LogP contribution in [0.2, 0.25) is 0 Å².